The van der Waals surface area contributed by atoms with Crippen molar-refractivity contribution in [2.75, 3.05) is 24.5 Å². The number of nitrogens with zero attached hydrogens (tertiary/aromatic N) is 4. The number of fused-ring (bicyclic) bond motifs is 1. The molecule has 2 fully saturated rings. The van der Waals surface area contributed by atoms with Crippen LogP contribution in [0.1, 0.15) is 18.5 Å². The number of nitriles is 1. The van der Waals surface area contributed by atoms with Crippen molar-refractivity contribution in [1.29, 1.82) is 5.26 Å². The summed E-state index contributed by atoms with van der Waals surface area (Å²) in [5.74, 6) is 1.12. The van der Waals surface area contributed by atoms with Gasteiger partial charge in [-0.15, -0.1) is 0 Å². The lowest BCUT2D eigenvalue weighted by molar-refractivity contribution is -0.129. The summed E-state index contributed by atoms with van der Waals surface area (Å²) in [5.41, 5.74) is 0.442. The van der Waals surface area contributed by atoms with Gasteiger partial charge in [-0.25, -0.2) is 4.98 Å². The molecule has 0 bridgehead atoms. The number of rotatable bonds is 1. The Balaban J connectivity index is 1.78. The van der Waals surface area contributed by atoms with Crippen molar-refractivity contribution in [3.8, 4) is 6.07 Å². The molecule has 2 aliphatic rings. The Kier molecular flexibility index (Phi) is 2.63. The number of amides is 1. The number of carbonyl (C=O) groups excluding carboxylic acids is 1. The van der Waals surface area contributed by atoms with E-state index in [1.807, 2.05) is 17.0 Å². The highest BCUT2D eigenvalue weighted by Crippen LogP contribution is 2.25. The Labute approximate surface area is 106 Å². The van der Waals surface area contributed by atoms with Crippen LogP contribution < -0.4 is 4.90 Å². The Bertz CT molecular complexity index is 522. The molecule has 0 N–H and O–H groups in total. The molecule has 2 aliphatic heterocycles. The third-order valence-electron chi connectivity index (χ3n) is 3.67. The molecule has 92 valence electrons. The largest absolute Gasteiger partial charge is 0.353 e. The standard InChI is InChI=1S/C13H14N4O/c14-8-10-2-1-3-12(15-10)16-6-7-17-11(9-16)4-5-13(17)18/h1-3,11H,4-7,9H2. The number of aromatic nitrogens is 1. The number of piperazine rings is 1. The first-order chi connectivity index (χ1) is 8.78. The molecule has 0 aliphatic carbocycles. The van der Waals surface area contributed by atoms with Crippen LogP contribution in [0.5, 0.6) is 0 Å². The molecule has 18 heavy (non-hydrogen) atoms. The topological polar surface area (TPSA) is 60.2 Å². The molecular weight excluding hydrogens is 228 g/mol. The van der Waals surface area contributed by atoms with Gasteiger partial charge in [0, 0.05) is 32.1 Å². The maximum atomic E-state index is 11.6. The quantitative estimate of drug-likeness (QED) is 0.729. The van der Waals surface area contributed by atoms with Crippen molar-refractivity contribution >= 4 is 11.7 Å². The summed E-state index contributed by atoms with van der Waals surface area (Å²) in [6, 6.07) is 7.86. The number of hydrogen-bond acceptors (Lipinski definition) is 4. The maximum Gasteiger partial charge on any atom is 0.223 e. The zero-order valence-corrected chi connectivity index (χ0v) is 10.0. The summed E-state index contributed by atoms with van der Waals surface area (Å²) in [6.07, 6.45) is 1.61. The molecule has 1 amide bonds. The fraction of sp³-hybridized carbons (Fsp3) is 0.462. The number of carbonyl (C=O) groups is 1. The van der Waals surface area contributed by atoms with Crippen molar-refractivity contribution in [2.24, 2.45) is 0 Å². The monoisotopic (exact) mass is 242 g/mol. The third kappa shape index (κ3) is 1.80. The van der Waals surface area contributed by atoms with Crippen molar-refractivity contribution in [1.82, 2.24) is 9.88 Å². The molecule has 1 atom stereocenters. The van der Waals surface area contributed by atoms with E-state index >= 15 is 0 Å². The van der Waals surface area contributed by atoms with Gasteiger partial charge in [0.05, 0.1) is 0 Å². The van der Waals surface area contributed by atoms with E-state index in [4.69, 9.17) is 5.26 Å². The maximum absolute atomic E-state index is 11.6. The number of anilines is 1. The highest BCUT2D eigenvalue weighted by Gasteiger charge is 2.35. The van der Waals surface area contributed by atoms with E-state index in [1.54, 1.807) is 6.07 Å². The van der Waals surface area contributed by atoms with E-state index in [0.717, 1.165) is 31.9 Å². The molecule has 0 saturated carbocycles. The van der Waals surface area contributed by atoms with E-state index in [1.165, 1.54) is 0 Å². The minimum atomic E-state index is 0.276. The summed E-state index contributed by atoms with van der Waals surface area (Å²) in [6.45, 7) is 2.39. The van der Waals surface area contributed by atoms with Gasteiger partial charge in [-0.1, -0.05) is 6.07 Å². The lowest BCUT2D eigenvalue weighted by Crippen LogP contribution is -2.51. The highest BCUT2D eigenvalue weighted by molar-refractivity contribution is 5.79. The lowest BCUT2D eigenvalue weighted by Gasteiger charge is -2.38. The molecule has 1 aromatic heterocycles. The minimum absolute atomic E-state index is 0.276. The van der Waals surface area contributed by atoms with Crippen LogP contribution >= 0.6 is 0 Å². The summed E-state index contributed by atoms with van der Waals surface area (Å²) in [4.78, 5) is 20.1. The van der Waals surface area contributed by atoms with E-state index in [-0.39, 0.29) is 5.91 Å². The van der Waals surface area contributed by atoms with E-state index in [0.29, 0.717) is 18.2 Å². The first-order valence-electron chi connectivity index (χ1n) is 6.19. The second kappa shape index (κ2) is 4.30. The predicted octanol–water partition coefficient (Wildman–Crippen LogP) is 0.764. The normalized spacial score (nSPS) is 22.8. The van der Waals surface area contributed by atoms with Gasteiger partial charge in [-0.2, -0.15) is 5.26 Å². The lowest BCUT2D eigenvalue weighted by atomic mass is 10.1. The van der Waals surface area contributed by atoms with Crippen molar-refractivity contribution in [2.45, 2.75) is 18.9 Å². The number of hydrogen-bond donors (Lipinski definition) is 0. The fourth-order valence-corrected chi connectivity index (χ4v) is 2.73. The van der Waals surface area contributed by atoms with Gasteiger partial charge in [0.15, 0.2) is 0 Å². The van der Waals surface area contributed by atoms with Gasteiger partial charge in [-0.05, 0) is 18.6 Å². The minimum Gasteiger partial charge on any atom is -0.353 e. The second-order valence-electron chi connectivity index (χ2n) is 4.72. The third-order valence-corrected chi connectivity index (χ3v) is 3.67. The van der Waals surface area contributed by atoms with E-state index in [2.05, 4.69) is 16.0 Å². The molecule has 2 saturated heterocycles. The molecule has 3 rings (SSSR count). The van der Waals surface area contributed by atoms with Gasteiger partial charge in [0.25, 0.3) is 0 Å². The van der Waals surface area contributed by atoms with Gasteiger partial charge >= 0.3 is 0 Å². The molecule has 1 unspecified atom stereocenters. The van der Waals surface area contributed by atoms with Crippen molar-refractivity contribution in [3.63, 3.8) is 0 Å². The van der Waals surface area contributed by atoms with Gasteiger partial charge in [0.1, 0.15) is 17.6 Å². The fourth-order valence-electron chi connectivity index (χ4n) is 2.73. The summed E-state index contributed by atoms with van der Waals surface area (Å²) >= 11 is 0. The van der Waals surface area contributed by atoms with Gasteiger partial charge in [-0.3, -0.25) is 4.79 Å². The molecule has 1 aromatic rings. The average Bonchev–Trinajstić information content (AvgIpc) is 2.80. The van der Waals surface area contributed by atoms with Crippen LogP contribution in [0, 0.1) is 11.3 Å². The van der Waals surface area contributed by atoms with Crippen LogP contribution in [0.3, 0.4) is 0 Å². The van der Waals surface area contributed by atoms with Crippen LogP contribution in [-0.4, -0.2) is 41.5 Å². The van der Waals surface area contributed by atoms with Crippen LogP contribution in [0.15, 0.2) is 18.2 Å². The first kappa shape index (κ1) is 11.0. The zero-order chi connectivity index (χ0) is 12.5. The van der Waals surface area contributed by atoms with Gasteiger partial charge in [0.2, 0.25) is 5.91 Å². The molecular formula is C13H14N4O. The van der Waals surface area contributed by atoms with Crippen molar-refractivity contribution < 1.29 is 4.79 Å². The van der Waals surface area contributed by atoms with Crippen LogP contribution in [0.4, 0.5) is 5.82 Å². The highest BCUT2D eigenvalue weighted by atomic mass is 16.2. The second-order valence-corrected chi connectivity index (χ2v) is 4.72. The SMILES string of the molecule is N#Cc1cccc(N2CCN3C(=O)CCC3C2)n1. The number of pyridine rings is 1. The molecule has 0 radical (unpaired) electrons. The molecule has 5 heteroatoms. The smallest absolute Gasteiger partial charge is 0.223 e. The van der Waals surface area contributed by atoms with Crippen molar-refractivity contribution in [3.05, 3.63) is 23.9 Å². The Morgan fingerprint density at radius 2 is 2.28 bits per heavy atom. The zero-order valence-electron chi connectivity index (χ0n) is 10.0. The van der Waals surface area contributed by atoms with Crippen LogP contribution in [-0.2, 0) is 4.79 Å². The molecule has 3 heterocycles. The first-order valence-corrected chi connectivity index (χ1v) is 6.19. The predicted molar refractivity (Wildman–Crippen MR) is 65.9 cm³/mol. The van der Waals surface area contributed by atoms with Crippen LogP contribution in [0.2, 0.25) is 0 Å². The average molecular weight is 242 g/mol. The summed E-state index contributed by atoms with van der Waals surface area (Å²) in [7, 11) is 0. The van der Waals surface area contributed by atoms with Gasteiger partial charge < -0.3 is 9.80 Å². The van der Waals surface area contributed by atoms with Crippen LogP contribution in [0.25, 0.3) is 0 Å². The van der Waals surface area contributed by atoms with E-state index in [9.17, 15) is 4.79 Å². The molecule has 0 spiro atoms. The Hall–Kier alpha value is -2.09. The molecule has 5 nitrogen and oxygen atoms in total. The Morgan fingerprint density at radius 1 is 1.39 bits per heavy atom. The summed E-state index contributed by atoms with van der Waals surface area (Å²) < 4.78 is 0. The summed E-state index contributed by atoms with van der Waals surface area (Å²) in [5, 5.41) is 8.86. The Morgan fingerprint density at radius 3 is 3.11 bits per heavy atom. The van der Waals surface area contributed by atoms with E-state index < -0.39 is 0 Å². The molecule has 0 aromatic carbocycles.